The summed E-state index contributed by atoms with van der Waals surface area (Å²) in [7, 11) is -3.26. The number of primary sulfonamides is 1. The highest BCUT2D eigenvalue weighted by Crippen LogP contribution is 2.37. The normalized spacial score (nSPS) is 32.6. The summed E-state index contributed by atoms with van der Waals surface area (Å²) in [6.45, 7) is 2.08. The monoisotopic (exact) mass is 218 g/mol. The summed E-state index contributed by atoms with van der Waals surface area (Å²) >= 11 is 0. The Kier molecular flexibility index (Phi) is 2.81. The maximum absolute atomic E-state index is 10.7. The van der Waals surface area contributed by atoms with Gasteiger partial charge in [-0.2, -0.15) is 0 Å². The number of nitrogens with two attached hydrogens (primary N) is 1. The molecule has 1 aliphatic carbocycles. The fraction of sp³-hybridized carbons (Fsp3) is 1.00. The summed E-state index contributed by atoms with van der Waals surface area (Å²) in [5.41, 5.74) is 0. The predicted octanol–water partition coefficient (Wildman–Crippen LogP) is 0.149. The summed E-state index contributed by atoms with van der Waals surface area (Å²) in [5.74, 6) is 1.01. The molecule has 2 fully saturated rings. The first-order valence-electron chi connectivity index (χ1n) is 5.29. The van der Waals surface area contributed by atoms with Crippen LogP contribution in [0.15, 0.2) is 0 Å². The van der Waals surface area contributed by atoms with Gasteiger partial charge >= 0.3 is 0 Å². The zero-order chi connectivity index (χ0) is 10.2. The van der Waals surface area contributed by atoms with E-state index in [1.165, 1.54) is 25.8 Å². The van der Waals surface area contributed by atoms with Gasteiger partial charge in [0.1, 0.15) is 0 Å². The van der Waals surface area contributed by atoms with Gasteiger partial charge in [-0.3, -0.25) is 0 Å². The predicted molar refractivity (Wildman–Crippen MR) is 55.3 cm³/mol. The molecule has 0 radical (unpaired) electrons. The lowest BCUT2D eigenvalue weighted by Gasteiger charge is -2.26. The largest absolute Gasteiger partial charge is 0.300 e. The van der Waals surface area contributed by atoms with E-state index in [1.54, 1.807) is 0 Å². The SMILES string of the molecule is NS(=O)(=O)CCCN1CC2CCC1C2. The second-order valence-electron chi connectivity index (χ2n) is 4.55. The van der Waals surface area contributed by atoms with Crippen molar-refractivity contribution in [2.45, 2.75) is 31.7 Å². The Morgan fingerprint density at radius 1 is 1.36 bits per heavy atom. The van der Waals surface area contributed by atoms with Crippen LogP contribution in [0.4, 0.5) is 0 Å². The van der Waals surface area contributed by atoms with Gasteiger partial charge < -0.3 is 4.90 Å². The number of rotatable bonds is 4. The molecule has 1 saturated carbocycles. The Bertz CT molecular complexity index is 302. The van der Waals surface area contributed by atoms with E-state index in [2.05, 4.69) is 4.90 Å². The quantitative estimate of drug-likeness (QED) is 0.730. The van der Waals surface area contributed by atoms with Gasteiger partial charge in [0.15, 0.2) is 0 Å². The second-order valence-corrected chi connectivity index (χ2v) is 6.28. The highest BCUT2D eigenvalue weighted by Gasteiger charge is 2.37. The molecule has 2 atom stereocenters. The number of nitrogens with zero attached hydrogens (tertiary/aromatic N) is 1. The molecule has 0 aromatic rings. The average molecular weight is 218 g/mol. The zero-order valence-electron chi connectivity index (χ0n) is 8.35. The van der Waals surface area contributed by atoms with Gasteiger partial charge in [0.05, 0.1) is 5.75 Å². The molecule has 2 unspecified atom stereocenters. The summed E-state index contributed by atoms with van der Waals surface area (Å²) in [4.78, 5) is 2.43. The van der Waals surface area contributed by atoms with Crippen molar-refractivity contribution in [1.29, 1.82) is 0 Å². The van der Waals surface area contributed by atoms with Crippen LogP contribution in [0.25, 0.3) is 0 Å². The van der Waals surface area contributed by atoms with Crippen LogP contribution < -0.4 is 5.14 Å². The number of hydrogen-bond donors (Lipinski definition) is 1. The van der Waals surface area contributed by atoms with Gasteiger partial charge in [-0.15, -0.1) is 0 Å². The number of sulfonamides is 1. The van der Waals surface area contributed by atoms with E-state index in [0.29, 0.717) is 6.42 Å². The van der Waals surface area contributed by atoms with Gasteiger partial charge in [0.25, 0.3) is 0 Å². The Morgan fingerprint density at radius 2 is 2.14 bits per heavy atom. The van der Waals surface area contributed by atoms with Crippen LogP contribution >= 0.6 is 0 Å². The van der Waals surface area contributed by atoms with Crippen LogP contribution in [0, 0.1) is 5.92 Å². The van der Waals surface area contributed by atoms with Crippen LogP contribution in [-0.4, -0.2) is 38.2 Å². The number of likely N-dealkylation sites (tertiary alicyclic amines) is 1. The molecule has 2 rings (SSSR count). The van der Waals surface area contributed by atoms with Crippen LogP contribution in [-0.2, 0) is 10.0 Å². The third-order valence-corrected chi connectivity index (χ3v) is 4.25. The molecule has 14 heavy (non-hydrogen) atoms. The lowest BCUT2D eigenvalue weighted by Crippen LogP contribution is -2.34. The Hall–Kier alpha value is -0.130. The molecule has 82 valence electrons. The molecule has 1 heterocycles. The first-order chi connectivity index (χ1) is 6.54. The fourth-order valence-corrected chi connectivity index (χ4v) is 3.30. The molecule has 1 aliphatic heterocycles. The van der Waals surface area contributed by atoms with E-state index in [-0.39, 0.29) is 5.75 Å². The second kappa shape index (κ2) is 3.79. The lowest BCUT2D eigenvalue weighted by molar-refractivity contribution is 0.214. The molecule has 0 aromatic heterocycles. The number of piperidine rings is 1. The average Bonchev–Trinajstić information content (AvgIpc) is 2.62. The molecule has 1 saturated heterocycles. The number of fused-ring (bicyclic) bond motifs is 2. The van der Waals surface area contributed by atoms with Crippen LogP contribution in [0.5, 0.6) is 0 Å². The Balaban J connectivity index is 1.72. The van der Waals surface area contributed by atoms with E-state index in [4.69, 9.17) is 5.14 Å². The smallest absolute Gasteiger partial charge is 0.209 e. The molecule has 4 nitrogen and oxygen atoms in total. The minimum Gasteiger partial charge on any atom is -0.300 e. The van der Waals surface area contributed by atoms with Crippen molar-refractivity contribution in [1.82, 2.24) is 4.90 Å². The van der Waals surface area contributed by atoms with Crippen LogP contribution in [0.2, 0.25) is 0 Å². The van der Waals surface area contributed by atoms with Gasteiger partial charge in [0, 0.05) is 12.6 Å². The molecule has 0 aromatic carbocycles. The standard InChI is InChI=1S/C9H18N2O2S/c10-14(12,13)5-1-4-11-7-8-2-3-9(11)6-8/h8-9H,1-7H2,(H2,10,12,13). The maximum Gasteiger partial charge on any atom is 0.209 e. The molecule has 5 heteroatoms. The van der Waals surface area contributed by atoms with E-state index in [9.17, 15) is 8.42 Å². The van der Waals surface area contributed by atoms with Crippen molar-refractivity contribution in [2.24, 2.45) is 11.1 Å². The van der Waals surface area contributed by atoms with Gasteiger partial charge in [-0.25, -0.2) is 13.6 Å². The van der Waals surface area contributed by atoms with E-state index in [0.717, 1.165) is 18.5 Å². The number of hydrogen-bond acceptors (Lipinski definition) is 3. The first kappa shape index (κ1) is 10.4. The van der Waals surface area contributed by atoms with Crippen molar-refractivity contribution in [3.05, 3.63) is 0 Å². The summed E-state index contributed by atoms with van der Waals surface area (Å²) < 4.78 is 21.4. The highest BCUT2D eigenvalue weighted by atomic mass is 32.2. The van der Waals surface area contributed by atoms with E-state index >= 15 is 0 Å². The minimum atomic E-state index is -3.26. The van der Waals surface area contributed by atoms with Crippen molar-refractivity contribution in [3.8, 4) is 0 Å². The van der Waals surface area contributed by atoms with Crippen LogP contribution in [0.3, 0.4) is 0 Å². The summed E-state index contributed by atoms with van der Waals surface area (Å²) in [5, 5.41) is 4.95. The summed E-state index contributed by atoms with van der Waals surface area (Å²) in [6.07, 6.45) is 4.69. The van der Waals surface area contributed by atoms with Crippen molar-refractivity contribution in [2.75, 3.05) is 18.8 Å². The molecular formula is C9H18N2O2S. The third-order valence-electron chi connectivity index (χ3n) is 3.40. The van der Waals surface area contributed by atoms with Crippen LogP contribution in [0.1, 0.15) is 25.7 Å². The lowest BCUT2D eigenvalue weighted by atomic mass is 10.1. The van der Waals surface area contributed by atoms with Crippen molar-refractivity contribution >= 4 is 10.0 Å². The third kappa shape index (κ3) is 2.46. The molecule has 0 amide bonds. The first-order valence-corrected chi connectivity index (χ1v) is 7.01. The Morgan fingerprint density at radius 3 is 2.64 bits per heavy atom. The van der Waals surface area contributed by atoms with Gasteiger partial charge in [0.2, 0.25) is 10.0 Å². The van der Waals surface area contributed by atoms with Crippen molar-refractivity contribution in [3.63, 3.8) is 0 Å². The Labute approximate surface area is 85.5 Å². The molecule has 2 N–H and O–H groups in total. The maximum atomic E-state index is 10.7. The highest BCUT2D eigenvalue weighted by molar-refractivity contribution is 7.89. The molecule has 2 aliphatic rings. The fourth-order valence-electron chi connectivity index (χ4n) is 2.77. The topological polar surface area (TPSA) is 63.4 Å². The van der Waals surface area contributed by atoms with Gasteiger partial charge in [-0.1, -0.05) is 0 Å². The molecule has 2 bridgehead atoms. The van der Waals surface area contributed by atoms with Crippen molar-refractivity contribution < 1.29 is 8.42 Å². The van der Waals surface area contributed by atoms with Gasteiger partial charge in [-0.05, 0) is 38.1 Å². The van der Waals surface area contributed by atoms with E-state index < -0.39 is 10.0 Å². The molecule has 0 spiro atoms. The summed E-state index contributed by atoms with van der Waals surface area (Å²) in [6, 6.07) is 0.737. The zero-order valence-corrected chi connectivity index (χ0v) is 9.17. The minimum absolute atomic E-state index is 0.126. The van der Waals surface area contributed by atoms with E-state index in [1.807, 2.05) is 0 Å². The molecular weight excluding hydrogens is 200 g/mol.